The van der Waals surface area contributed by atoms with E-state index in [4.69, 9.17) is 0 Å². The fraction of sp³-hybridized carbons (Fsp3) is 0.450. The minimum atomic E-state index is -0.460. The Morgan fingerprint density at radius 3 is 2.34 bits per heavy atom. The van der Waals surface area contributed by atoms with Crippen LogP contribution in [0.4, 0.5) is 5.69 Å². The number of amides is 2. The molecule has 2 aromatic rings. The van der Waals surface area contributed by atoms with E-state index < -0.39 is 4.92 Å². The van der Waals surface area contributed by atoms with Gasteiger partial charge in [0.25, 0.3) is 11.6 Å². The van der Waals surface area contributed by atoms with E-state index in [1.807, 2.05) is 10.7 Å². The average molecular weight is 397 g/mol. The molecule has 1 aromatic carbocycles. The van der Waals surface area contributed by atoms with Gasteiger partial charge in [-0.2, -0.15) is 5.10 Å². The third-order valence-electron chi connectivity index (χ3n) is 5.56. The second-order valence-electron chi connectivity index (χ2n) is 7.47. The van der Waals surface area contributed by atoms with Crippen molar-refractivity contribution in [3.63, 3.8) is 0 Å². The molecule has 0 spiro atoms. The third kappa shape index (κ3) is 4.13. The molecular weight excluding hydrogens is 374 g/mol. The first kappa shape index (κ1) is 19.1. The number of non-ortho nitro benzene ring substituents is 1. The number of nitrogens with zero attached hydrogens (tertiary/aromatic N) is 5. The number of nitro benzene ring substituents is 1. The zero-order valence-electron chi connectivity index (χ0n) is 16.1. The number of fused-ring (bicyclic) bond motifs is 1. The molecule has 0 bridgehead atoms. The van der Waals surface area contributed by atoms with Crippen molar-refractivity contribution >= 4 is 17.5 Å². The number of rotatable bonds is 4. The molecule has 0 unspecified atom stereocenters. The van der Waals surface area contributed by atoms with E-state index in [0.29, 0.717) is 31.9 Å². The molecule has 1 saturated heterocycles. The van der Waals surface area contributed by atoms with Gasteiger partial charge in [-0.15, -0.1) is 0 Å². The zero-order chi connectivity index (χ0) is 20.4. The van der Waals surface area contributed by atoms with E-state index in [2.05, 4.69) is 5.10 Å². The second-order valence-corrected chi connectivity index (χ2v) is 7.47. The fourth-order valence-corrected chi connectivity index (χ4v) is 3.87. The van der Waals surface area contributed by atoms with Crippen LogP contribution >= 0.6 is 0 Å². The van der Waals surface area contributed by atoms with E-state index in [0.717, 1.165) is 37.1 Å². The van der Waals surface area contributed by atoms with Crippen molar-refractivity contribution in [1.29, 1.82) is 0 Å². The van der Waals surface area contributed by atoms with Gasteiger partial charge in [0.15, 0.2) is 5.69 Å². The van der Waals surface area contributed by atoms with E-state index in [-0.39, 0.29) is 23.9 Å². The van der Waals surface area contributed by atoms with Crippen LogP contribution in [0, 0.1) is 10.1 Å². The molecule has 3 heterocycles. The van der Waals surface area contributed by atoms with Crippen LogP contribution in [0.5, 0.6) is 0 Å². The number of carbonyl (C=O) groups excluding carboxylic acids is 2. The molecule has 29 heavy (non-hydrogen) atoms. The highest BCUT2D eigenvalue weighted by Crippen LogP contribution is 2.18. The number of benzene rings is 1. The maximum Gasteiger partial charge on any atom is 0.274 e. The summed E-state index contributed by atoms with van der Waals surface area (Å²) in [7, 11) is 0. The smallest absolute Gasteiger partial charge is 0.274 e. The molecule has 0 aliphatic carbocycles. The van der Waals surface area contributed by atoms with Crippen LogP contribution in [-0.2, 0) is 24.2 Å². The van der Waals surface area contributed by atoms with Gasteiger partial charge in [0.2, 0.25) is 5.91 Å². The summed E-state index contributed by atoms with van der Waals surface area (Å²) in [6.45, 7) is 2.78. The first-order valence-electron chi connectivity index (χ1n) is 9.88. The molecule has 0 atom stereocenters. The molecule has 1 aromatic heterocycles. The molecular formula is C20H23N5O4. The standard InChI is InChI=1S/C20H23N5O4/c26-19(13-15-4-6-16(7-5-15)25(28)29)22-9-11-23(12-10-22)20(27)18-14-17-3-1-2-8-24(17)21-18/h4-7,14H,1-3,8-13H2. The van der Waals surface area contributed by atoms with E-state index in [1.54, 1.807) is 21.9 Å². The van der Waals surface area contributed by atoms with E-state index in [1.165, 1.54) is 12.1 Å². The Kier molecular flexibility index (Phi) is 5.28. The largest absolute Gasteiger partial charge is 0.339 e. The van der Waals surface area contributed by atoms with Crippen molar-refractivity contribution < 1.29 is 14.5 Å². The lowest BCUT2D eigenvalue weighted by Gasteiger charge is -2.34. The molecule has 9 heteroatoms. The molecule has 2 aliphatic rings. The van der Waals surface area contributed by atoms with Crippen LogP contribution in [0.2, 0.25) is 0 Å². The van der Waals surface area contributed by atoms with Gasteiger partial charge in [-0.25, -0.2) is 0 Å². The number of carbonyl (C=O) groups is 2. The number of piperazine rings is 1. The van der Waals surface area contributed by atoms with Gasteiger partial charge in [0, 0.05) is 50.6 Å². The quantitative estimate of drug-likeness (QED) is 0.577. The molecule has 2 aliphatic heterocycles. The van der Waals surface area contributed by atoms with Crippen molar-refractivity contribution in [1.82, 2.24) is 19.6 Å². The Morgan fingerprint density at radius 1 is 1.00 bits per heavy atom. The summed E-state index contributed by atoms with van der Waals surface area (Å²) in [6.07, 6.45) is 3.39. The van der Waals surface area contributed by atoms with Crippen molar-refractivity contribution in [2.75, 3.05) is 26.2 Å². The average Bonchev–Trinajstić information content (AvgIpc) is 3.18. The topological polar surface area (TPSA) is 102 Å². The Hall–Kier alpha value is -3.23. The number of aromatic nitrogens is 2. The summed E-state index contributed by atoms with van der Waals surface area (Å²) in [5.74, 6) is -0.113. The van der Waals surface area contributed by atoms with Crippen molar-refractivity contribution in [3.05, 3.63) is 57.4 Å². The molecule has 152 valence electrons. The lowest BCUT2D eigenvalue weighted by molar-refractivity contribution is -0.384. The van der Waals surface area contributed by atoms with Crippen LogP contribution in [0.15, 0.2) is 30.3 Å². The lowest BCUT2D eigenvalue weighted by atomic mass is 10.1. The summed E-state index contributed by atoms with van der Waals surface area (Å²) in [4.78, 5) is 39.1. The van der Waals surface area contributed by atoms with Crippen molar-refractivity contribution in [3.8, 4) is 0 Å². The minimum absolute atomic E-state index is 0.00860. The van der Waals surface area contributed by atoms with Crippen LogP contribution in [0.1, 0.15) is 34.6 Å². The Morgan fingerprint density at radius 2 is 1.69 bits per heavy atom. The maximum absolute atomic E-state index is 12.8. The predicted octanol–water partition coefficient (Wildman–Crippen LogP) is 1.65. The Bertz CT molecular complexity index is 905. The monoisotopic (exact) mass is 397 g/mol. The van der Waals surface area contributed by atoms with Crippen molar-refractivity contribution in [2.24, 2.45) is 0 Å². The Labute approximate surface area is 168 Å². The summed E-state index contributed by atoms with van der Waals surface area (Å²) < 4.78 is 1.93. The van der Waals surface area contributed by atoms with E-state index in [9.17, 15) is 19.7 Å². The molecule has 0 radical (unpaired) electrons. The van der Waals surface area contributed by atoms with Gasteiger partial charge >= 0.3 is 0 Å². The number of hydrogen-bond acceptors (Lipinski definition) is 5. The van der Waals surface area contributed by atoms with Gasteiger partial charge in [0.05, 0.1) is 11.3 Å². The number of hydrogen-bond donors (Lipinski definition) is 0. The highest BCUT2D eigenvalue weighted by atomic mass is 16.6. The molecule has 9 nitrogen and oxygen atoms in total. The van der Waals surface area contributed by atoms with Crippen molar-refractivity contribution in [2.45, 2.75) is 32.2 Å². The third-order valence-corrected chi connectivity index (χ3v) is 5.56. The first-order chi connectivity index (χ1) is 14.0. The van der Waals surface area contributed by atoms with Gasteiger partial charge in [-0.3, -0.25) is 24.4 Å². The summed E-state index contributed by atoms with van der Waals surface area (Å²) in [5.41, 5.74) is 2.36. The predicted molar refractivity (Wildman–Crippen MR) is 104 cm³/mol. The SMILES string of the molecule is O=C(Cc1ccc([N+](=O)[O-])cc1)N1CCN(C(=O)c2cc3n(n2)CCCC3)CC1. The summed E-state index contributed by atoms with van der Waals surface area (Å²) in [5, 5.41) is 15.2. The molecule has 0 saturated carbocycles. The van der Waals surface area contributed by atoms with Crippen LogP contribution < -0.4 is 0 Å². The fourth-order valence-electron chi connectivity index (χ4n) is 3.87. The van der Waals surface area contributed by atoms with Gasteiger partial charge in [0.1, 0.15) is 0 Å². The zero-order valence-corrected chi connectivity index (χ0v) is 16.1. The lowest BCUT2D eigenvalue weighted by Crippen LogP contribution is -2.51. The highest BCUT2D eigenvalue weighted by Gasteiger charge is 2.27. The number of aryl methyl sites for hydroxylation is 2. The highest BCUT2D eigenvalue weighted by molar-refractivity contribution is 5.92. The minimum Gasteiger partial charge on any atom is -0.339 e. The molecule has 4 rings (SSSR count). The Balaban J connectivity index is 1.31. The summed E-state index contributed by atoms with van der Waals surface area (Å²) >= 11 is 0. The van der Waals surface area contributed by atoms with E-state index >= 15 is 0 Å². The van der Waals surface area contributed by atoms with Crippen LogP contribution in [0.25, 0.3) is 0 Å². The summed E-state index contributed by atoms with van der Waals surface area (Å²) in [6, 6.07) is 7.92. The first-order valence-corrected chi connectivity index (χ1v) is 9.88. The molecule has 2 amide bonds. The number of nitro groups is 1. The van der Waals surface area contributed by atoms with Gasteiger partial charge in [-0.05, 0) is 30.9 Å². The second kappa shape index (κ2) is 8.02. The van der Waals surface area contributed by atoms with Gasteiger partial charge < -0.3 is 9.80 Å². The maximum atomic E-state index is 12.8. The molecule has 1 fully saturated rings. The van der Waals surface area contributed by atoms with Crippen LogP contribution in [0.3, 0.4) is 0 Å². The normalized spacial score (nSPS) is 16.4. The van der Waals surface area contributed by atoms with Gasteiger partial charge in [-0.1, -0.05) is 12.1 Å². The molecule has 0 N–H and O–H groups in total. The van der Waals surface area contributed by atoms with Crippen LogP contribution in [-0.4, -0.2) is 62.5 Å².